The average molecular weight is 409 g/mol. The van der Waals surface area contributed by atoms with E-state index in [2.05, 4.69) is 9.97 Å². The fourth-order valence-corrected chi connectivity index (χ4v) is 3.38. The third-order valence-corrected chi connectivity index (χ3v) is 5.05. The van der Waals surface area contributed by atoms with Gasteiger partial charge in [-0.2, -0.15) is 4.98 Å². The number of amides is 1. The standard InChI is InChI=1S/C21H23N5O4/c1-28-17-11-15-16(12-18(17)29-2)23-21(24-20(15)22)26-8-6-25(7-9-26)19(27)4-3-14-5-10-30-13-14/h3-5,10-13H,6-9H2,1-2H3,(H2,22,23,24). The summed E-state index contributed by atoms with van der Waals surface area (Å²) >= 11 is 0. The molecule has 3 aromatic rings. The summed E-state index contributed by atoms with van der Waals surface area (Å²) < 4.78 is 15.7. The highest BCUT2D eigenvalue weighted by Crippen LogP contribution is 2.34. The number of furan rings is 1. The lowest BCUT2D eigenvalue weighted by Crippen LogP contribution is -2.48. The Labute approximate surface area is 173 Å². The van der Waals surface area contributed by atoms with Gasteiger partial charge in [-0.3, -0.25) is 4.79 Å². The van der Waals surface area contributed by atoms with Gasteiger partial charge in [-0.15, -0.1) is 0 Å². The number of carbonyl (C=O) groups is 1. The molecule has 1 fully saturated rings. The number of anilines is 2. The van der Waals surface area contributed by atoms with Gasteiger partial charge in [0, 0.05) is 49.3 Å². The number of hydrogen-bond donors (Lipinski definition) is 1. The molecule has 0 aliphatic carbocycles. The largest absolute Gasteiger partial charge is 0.493 e. The molecule has 0 atom stereocenters. The van der Waals surface area contributed by atoms with Crippen LogP contribution < -0.4 is 20.1 Å². The second kappa shape index (κ2) is 8.32. The SMILES string of the molecule is COc1cc2nc(N3CCN(C(=O)C=Cc4ccoc4)CC3)nc(N)c2cc1OC. The van der Waals surface area contributed by atoms with Crippen LogP contribution in [0.25, 0.3) is 17.0 Å². The van der Waals surface area contributed by atoms with Crippen LogP contribution in [-0.2, 0) is 4.79 Å². The molecule has 9 heteroatoms. The Hall–Kier alpha value is -3.75. The Morgan fingerprint density at radius 2 is 1.87 bits per heavy atom. The van der Waals surface area contributed by atoms with E-state index in [4.69, 9.17) is 19.6 Å². The number of benzene rings is 1. The van der Waals surface area contributed by atoms with Crippen LogP contribution in [0.1, 0.15) is 5.56 Å². The van der Waals surface area contributed by atoms with E-state index in [1.54, 1.807) is 62.0 Å². The first-order valence-corrected chi connectivity index (χ1v) is 9.52. The number of carbonyl (C=O) groups excluding carboxylic acids is 1. The van der Waals surface area contributed by atoms with Crippen molar-refractivity contribution in [3.63, 3.8) is 0 Å². The van der Waals surface area contributed by atoms with Crippen LogP contribution in [0, 0.1) is 0 Å². The van der Waals surface area contributed by atoms with Crippen LogP contribution in [0.5, 0.6) is 11.5 Å². The van der Waals surface area contributed by atoms with Gasteiger partial charge in [0.05, 0.1) is 32.3 Å². The number of piperazine rings is 1. The van der Waals surface area contributed by atoms with Crippen molar-refractivity contribution in [2.45, 2.75) is 0 Å². The highest BCUT2D eigenvalue weighted by Gasteiger charge is 2.22. The van der Waals surface area contributed by atoms with Gasteiger partial charge in [0.25, 0.3) is 0 Å². The van der Waals surface area contributed by atoms with Crippen LogP contribution in [0.2, 0.25) is 0 Å². The smallest absolute Gasteiger partial charge is 0.246 e. The van der Waals surface area contributed by atoms with Crippen molar-refractivity contribution in [3.8, 4) is 11.5 Å². The monoisotopic (exact) mass is 409 g/mol. The van der Waals surface area contributed by atoms with Crippen molar-refractivity contribution in [3.05, 3.63) is 42.4 Å². The molecule has 2 aromatic heterocycles. The second-order valence-corrected chi connectivity index (χ2v) is 6.84. The number of hydrogen-bond acceptors (Lipinski definition) is 8. The number of nitrogens with zero attached hydrogens (tertiary/aromatic N) is 4. The number of fused-ring (bicyclic) bond motifs is 1. The van der Waals surface area contributed by atoms with Gasteiger partial charge < -0.3 is 29.4 Å². The highest BCUT2D eigenvalue weighted by molar-refractivity contribution is 5.92. The predicted molar refractivity (Wildman–Crippen MR) is 114 cm³/mol. The Morgan fingerprint density at radius 3 is 2.53 bits per heavy atom. The Kier molecular flexibility index (Phi) is 5.42. The van der Waals surface area contributed by atoms with Crippen LogP contribution in [0.4, 0.5) is 11.8 Å². The number of rotatable bonds is 5. The first kappa shape index (κ1) is 19.6. The van der Waals surface area contributed by atoms with Crippen molar-refractivity contribution in [1.82, 2.24) is 14.9 Å². The lowest BCUT2D eigenvalue weighted by atomic mass is 10.2. The Balaban J connectivity index is 1.48. The summed E-state index contributed by atoms with van der Waals surface area (Å²) in [7, 11) is 3.15. The van der Waals surface area contributed by atoms with E-state index in [0.29, 0.717) is 60.3 Å². The van der Waals surface area contributed by atoms with Crippen LogP contribution >= 0.6 is 0 Å². The van der Waals surface area contributed by atoms with E-state index in [1.807, 2.05) is 4.90 Å². The van der Waals surface area contributed by atoms with Gasteiger partial charge in [-0.05, 0) is 18.2 Å². The topological polar surface area (TPSA) is 107 Å². The molecule has 1 aromatic carbocycles. The van der Waals surface area contributed by atoms with Crippen molar-refractivity contribution in [2.24, 2.45) is 0 Å². The number of nitrogens with two attached hydrogens (primary N) is 1. The van der Waals surface area contributed by atoms with Crippen LogP contribution in [0.15, 0.2) is 41.2 Å². The zero-order chi connectivity index (χ0) is 21.1. The third-order valence-electron chi connectivity index (χ3n) is 5.05. The van der Waals surface area contributed by atoms with Gasteiger partial charge in [-0.1, -0.05) is 0 Å². The van der Waals surface area contributed by atoms with E-state index in [0.717, 1.165) is 5.56 Å². The maximum atomic E-state index is 12.4. The summed E-state index contributed by atoms with van der Waals surface area (Å²) in [6, 6.07) is 5.36. The van der Waals surface area contributed by atoms with Gasteiger partial charge in [0.2, 0.25) is 11.9 Å². The Bertz CT molecular complexity index is 1070. The molecule has 3 heterocycles. The van der Waals surface area contributed by atoms with Crippen molar-refractivity contribution < 1.29 is 18.7 Å². The van der Waals surface area contributed by atoms with E-state index in [-0.39, 0.29) is 5.91 Å². The molecule has 1 aliphatic heterocycles. The van der Waals surface area contributed by atoms with E-state index in [9.17, 15) is 4.79 Å². The number of aromatic nitrogens is 2. The van der Waals surface area contributed by atoms with Crippen molar-refractivity contribution in [2.75, 3.05) is 51.0 Å². The quantitative estimate of drug-likeness (QED) is 0.639. The maximum absolute atomic E-state index is 12.4. The van der Waals surface area contributed by atoms with E-state index >= 15 is 0 Å². The minimum atomic E-state index is -0.0355. The third kappa shape index (κ3) is 3.86. The molecule has 1 amide bonds. The molecular formula is C21H23N5O4. The van der Waals surface area contributed by atoms with Crippen molar-refractivity contribution >= 4 is 34.7 Å². The molecule has 0 spiro atoms. The average Bonchev–Trinajstić information content (AvgIpc) is 3.30. The molecule has 0 unspecified atom stereocenters. The predicted octanol–water partition coefficient (Wildman–Crippen LogP) is 2.18. The molecule has 156 valence electrons. The normalized spacial score (nSPS) is 14.5. The minimum absolute atomic E-state index is 0.0355. The fraction of sp³-hybridized carbons (Fsp3) is 0.286. The maximum Gasteiger partial charge on any atom is 0.246 e. The van der Waals surface area contributed by atoms with Crippen molar-refractivity contribution in [1.29, 1.82) is 0 Å². The molecule has 1 aliphatic rings. The molecule has 0 saturated carbocycles. The Morgan fingerprint density at radius 1 is 1.13 bits per heavy atom. The van der Waals surface area contributed by atoms with Gasteiger partial charge in [-0.25, -0.2) is 4.98 Å². The van der Waals surface area contributed by atoms with Crippen LogP contribution in [0.3, 0.4) is 0 Å². The summed E-state index contributed by atoms with van der Waals surface area (Å²) in [5.74, 6) is 2.02. The van der Waals surface area contributed by atoms with E-state index in [1.165, 1.54) is 0 Å². The summed E-state index contributed by atoms with van der Waals surface area (Å²) in [4.78, 5) is 25.3. The van der Waals surface area contributed by atoms with E-state index < -0.39 is 0 Å². The first-order chi connectivity index (χ1) is 14.6. The number of nitrogen functional groups attached to an aromatic ring is 1. The zero-order valence-corrected chi connectivity index (χ0v) is 16.9. The lowest BCUT2D eigenvalue weighted by Gasteiger charge is -2.34. The minimum Gasteiger partial charge on any atom is -0.493 e. The van der Waals surface area contributed by atoms with Crippen LogP contribution in [-0.4, -0.2) is 61.2 Å². The molecule has 4 rings (SSSR count). The van der Waals surface area contributed by atoms with Gasteiger partial charge in [0.1, 0.15) is 5.82 Å². The second-order valence-electron chi connectivity index (χ2n) is 6.84. The summed E-state index contributed by atoms with van der Waals surface area (Å²) in [5, 5.41) is 0.703. The number of ether oxygens (including phenoxy) is 2. The molecule has 2 N–H and O–H groups in total. The summed E-state index contributed by atoms with van der Waals surface area (Å²) in [6.45, 7) is 2.37. The lowest BCUT2D eigenvalue weighted by molar-refractivity contribution is -0.126. The zero-order valence-electron chi connectivity index (χ0n) is 16.9. The summed E-state index contributed by atoms with van der Waals surface area (Å²) in [5.41, 5.74) is 7.72. The van der Waals surface area contributed by atoms with Gasteiger partial charge in [0.15, 0.2) is 11.5 Å². The first-order valence-electron chi connectivity index (χ1n) is 9.52. The summed E-state index contributed by atoms with van der Waals surface area (Å²) in [6.07, 6.45) is 6.47. The molecule has 0 radical (unpaired) electrons. The molecular weight excluding hydrogens is 386 g/mol. The number of methoxy groups -OCH3 is 2. The highest BCUT2D eigenvalue weighted by atomic mass is 16.5. The van der Waals surface area contributed by atoms with Gasteiger partial charge >= 0.3 is 0 Å². The molecule has 9 nitrogen and oxygen atoms in total. The molecule has 0 bridgehead atoms. The molecule has 30 heavy (non-hydrogen) atoms. The molecule has 1 saturated heterocycles. The fourth-order valence-electron chi connectivity index (χ4n) is 3.38.